The number of piperidine rings is 1. The number of hydrogen-bond donors (Lipinski definition) is 2. The molecule has 2 bridgehead atoms. The van der Waals surface area contributed by atoms with Crippen molar-refractivity contribution in [2.45, 2.75) is 36.9 Å². The van der Waals surface area contributed by atoms with Crippen LogP contribution in [-0.2, 0) is 9.59 Å². The van der Waals surface area contributed by atoms with Crippen molar-refractivity contribution in [1.29, 1.82) is 0 Å². The number of fused-ring (bicyclic) bond motifs is 4. The standard InChI is InChI=1S/C15H22N6O2S/c16-14-17-15(19-18-14)24-8-12(22)20-6-10-3-4-11(7-20)21(13(10)23)5-9-1-2-9/h9-11H,1-8H2,(H3,16,17,18,19)/t10-,11+/m0/s1. The summed E-state index contributed by atoms with van der Waals surface area (Å²) in [6.07, 6.45) is 4.39. The van der Waals surface area contributed by atoms with Gasteiger partial charge in [-0.05, 0) is 31.6 Å². The molecule has 5 rings (SSSR count). The van der Waals surface area contributed by atoms with Crippen molar-refractivity contribution in [2.24, 2.45) is 11.8 Å². The Morgan fingerprint density at radius 3 is 2.83 bits per heavy atom. The molecule has 1 saturated carbocycles. The maximum absolute atomic E-state index is 12.7. The van der Waals surface area contributed by atoms with Crippen LogP contribution >= 0.6 is 11.8 Å². The fraction of sp³-hybridized carbons (Fsp3) is 0.733. The fourth-order valence-corrected chi connectivity index (χ4v) is 4.31. The summed E-state index contributed by atoms with van der Waals surface area (Å²) < 4.78 is 0. The number of aromatic amines is 1. The van der Waals surface area contributed by atoms with Crippen LogP contribution in [-0.4, -0.2) is 68.2 Å². The van der Waals surface area contributed by atoms with Crippen LogP contribution in [0.4, 0.5) is 5.95 Å². The number of hydrogen-bond acceptors (Lipinski definition) is 6. The summed E-state index contributed by atoms with van der Waals surface area (Å²) in [6.45, 7) is 2.09. The van der Waals surface area contributed by atoms with Gasteiger partial charge >= 0.3 is 0 Å². The van der Waals surface area contributed by atoms with Crippen molar-refractivity contribution in [2.75, 3.05) is 31.1 Å². The van der Waals surface area contributed by atoms with E-state index in [0.717, 1.165) is 19.4 Å². The highest BCUT2D eigenvalue weighted by Gasteiger charge is 2.43. The van der Waals surface area contributed by atoms with Gasteiger partial charge in [-0.2, -0.15) is 4.98 Å². The molecule has 0 unspecified atom stereocenters. The smallest absolute Gasteiger partial charge is 0.233 e. The molecule has 0 spiro atoms. The molecule has 8 nitrogen and oxygen atoms in total. The predicted octanol–water partition coefficient (Wildman–Crippen LogP) is 0.338. The highest BCUT2D eigenvalue weighted by molar-refractivity contribution is 7.99. The predicted molar refractivity (Wildman–Crippen MR) is 89.0 cm³/mol. The number of carbonyl (C=O) groups is 2. The van der Waals surface area contributed by atoms with E-state index in [-0.39, 0.29) is 35.5 Å². The van der Waals surface area contributed by atoms with Crippen molar-refractivity contribution in [1.82, 2.24) is 25.0 Å². The second-order valence-electron chi connectivity index (χ2n) is 6.95. The molecule has 1 aromatic rings. The van der Waals surface area contributed by atoms with E-state index in [1.54, 1.807) is 0 Å². The summed E-state index contributed by atoms with van der Waals surface area (Å²) in [7, 11) is 0. The molecule has 0 radical (unpaired) electrons. The van der Waals surface area contributed by atoms with E-state index in [1.165, 1.54) is 24.6 Å². The van der Waals surface area contributed by atoms with E-state index in [4.69, 9.17) is 5.73 Å². The number of nitrogen functional groups attached to an aromatic ring is 1. The summed E-state index contributed by atoms with van der Waals surface area (Å²) >= 11 is 1.27. The Bertz CT molecular complexity index is 646. The molecule has 2 amide bonds. The Hall–Kier alpha value is -1.77. The van der Waals surface area contributed by atoms with E-state index in [9.17, 15) is 9.59 Å². The molecule has 24 heavy (non-hydrogen) atoms. The average molecular weight is 350 g/mol. The minimum absolute atomic E-state index is 0.0318. The van der Waals surface area contributed by atoms with E-state index in [0.29, 0.717) is 24.2 Å². The number of aromatic nitrogens is 3. The zero-order valence-corrected chi connectivity index (χ0v) is 14.3. The zero-order chi connectivity index (χ0) is 16.7. The highest BCUT2D eigenvalue weighted by atomic mass is 32.2. The number of amides is 2. The molecule has 4 fully saturated rings. The SMILES string of the molecule is Nc1nc(SCC(=O)N2C[C@@H]3CC[C@H](C2)N(CC2CC2)C3=O)n[nH]1. The molecule has 4 aliphatic rings. The molecule has 3 saturated heterocycles. The first kappa shape index (κ1) is 15.7. The van der Waals surface area contributed by atoms with Gasteiger partial charge in [0.2, 0.25) is 22.9 Å². The maximum atomic E-state index is 12.7. The van der Waals surface area contributed by atoms with Crippen molar-refractivity contribution in [3.63, 3.8) is 0 Å². The molecule has 1 aliphatic carbocycles. The van der Waals surface area contributed by atoms with Crippen LogP contribution in [0.2, 0.25) is 0 Å². The Labute approximate surface area is 144 Å². The van der Waals surface area contributed by atoms with Crippen LogP contribution in [0.5, 0.6) is 0 Å². The molecular formula is C15H22N6O2S. The van der Waals surface area contributed by atoms with Crippen molar-refractivity contribution < 1.29 is 9.59 Å². The van der Waals surface area contributed by atoms with Gasteiger partial charge in [-0.25, -0.2) is 5.10 Å². The maximum Gasteiger partial charge on any atom is 0.233 e. The lowest BCUT2D eigenvalue weighted by atomic mass is 9.94. The lowest BCUT2D eigenvalue weighted by molar-refractivity contribution is -0.140. The number of carbonyl (C=O) groups excluding carboxylic acids is 2. The molecule has 3 N–H and O–H groups in total. The van der Waals surface area contributed by atoms with Crippen molar-refractivity contribution >= 4 is 29.5 Å². The van der Waals surface area contributed by atoms with Crippen LogP contribution in [0.3, 0.4) is 0 Å². The Morgan fingerprint density at radius 1 is 1.29 bits per heavy atom. The number of rotatable bonds is 5. The van der Waals surface area contributed by atoms with Crippen molar-refractivity contribution in [3.05, 3.63) is 0 Å². The van der Waals surface area contributed by atoms with Gasteiger partial charge in [-0.15, -0.1) is 5.10 Å². The molecule has 4 heterocycles. The normalized spacial score (nSPS) is 26.8. The lowest BCUT2D eigenvalue weighted by Crippen LogP contribution is -2.48. The quantitative estimate of drug-likeness (QED) is 0.741. The van der Waals surface area contributed by atoms with Gasteiger partial charge in [0.05, 0.1) is 11.7 Å². The minimum Gasteiger partial charge on any atom is -0.368 e. The number of nitrogens with two attached hydrogens (primary N) is 1. The third-order valence-corrected chi connectivity index (χ3v) is 5.94. The van der Waals surface area contributed by atoms with Gasteiger partial charge in [0.15, 0.2) is 0 Å². The third-order valence-electron chi connectivity index (χ3n) is 5.10. The van der Waals surface area contributed by atoms with E-state index < -0.39 is 0 Å². The molecule has 0 aromatic carbocycles. The molecule has 3 aliphatic heterocycles. The number of H-pyrrole nitrogens is 1. The summed E-state index contributed by atoms with van der Waals surface area (Å²) in [4.78, 5) is 33.1. The molecule has 1 aromatic heterocycles. The largest absolute Gasteiger partial charge is 0.368 e. The third kappa shape index (κ3) is 3.22. The van der Waals surface area contributed by atoms with Gasteiger partial charge in [0, 0.05) is 25.7 Å². The van der Waals surface area contributed by atoms with E-state index >= 15 is 0 Å². The fourth-order valence-electron chi connectivity index (χ4n) is 3.60. The lowest BCUT2D eigenvalue weighted by Gasteiger charge is -2.36. The summed E-state index contributed by atoms with van der Waals surface area (Å²) in [5.41, 5.74) is 5.49. The van der Waals surface area contributed by atoms with Gasteiger partial charge in [0.1, 0.15) is 0 Å². The monoisotopic (exact) mass is 350 g/mol. The Balaban J connectivity index is 1.39. The number of nitrogens with one attached hydrogen (secondary N) is 1. The number of nitrogens with zero attached hydrogens (tertiary/aromatic N) is 4. The molecule has 9 heteroatoms. The summed E-state index contributed by atoms with van der Waals surface area (Å²) in [6, 6.07) is 0.185. The number of anilines is 1. The van der Waals surface area contributed by atoms with Crippen LogP contribution in [0.25, 0.3) is 0 Å². The first-order valence-corrected chi connectivity index (χ1v) is 9.47. The van der Waals surface area contributed by atoms with E-state index in [1.807, 2.05) is 4.90 Å². The van der Waals surface area contributed by atoms with Gasteiger partial charge < -0.3 is 15.5 Å². The highest BCUT2D eigenvalue weighted by Crippen LogP contribution is 2.35. The first-order valence-electron chi connectivity index (χ1n) is 8.49. The van der Waals surface area contributed by atoms with Gasteiger partial charge in [-0.3, -0.25) is 9.59 Å². The van der Waals surface area contributed by atoms with Crippen LogP contribution < -0.4 is 5.73 Å². The topological polar surface area (TPSA) is 108 Å². The van der Waals surface area contributed by atoms with Crippen LogP contribution in [0.1, 0.15) is 25.7 Å². The first-order chi connectivity index (χ1) is 11.6. The zero-order valence-electron chi connectivity index (χ0n) is 13.5. The molecule has 130 valence electrons. The molecular weight excluding hydrogens is 328 g/mol. The van der Waals surface area contributed by atoms with Crippen LogP contribution in [0, 0.1) is 11.8 Å². The van der Waals surface area contributed by atoms with Gasteiger partial charge in [-0.1, -0.05) is 11.8 Å². The molecule has 2 atom stereocenters. The summed E-state index contributed by atoms with van der Waals surface area (Å²) in [5, 5.41) is 6.96. The minimum atomic E-state index is -0.0318. The summed E-state index contributed by atoms with van der Waals surface area (Å²) in [5.74, 6) is 1.47. The van der Waals surface area contributed by atoms with Gasteiger partial charge in [0.25, 0.3) is 0 Å². The number of thioether (sulfide) groups is 1. The second-order valence-corrected chi connectivity index (χ2v) is 7.90. The Kier molecular flexibility index (Phi) is 4.11. The van der Waals surface area contributed by atoms with Crippen LogP contribution in [0.15, 0.2) is 5.16 Å². The second kappa shape index (κ2) is 6.27. The van der Waals surface area contributed by atoms with E-state index in [2.05, 4.69) is 20.1 Å². The average Bonchev–Trinajstić information content (AvgIpc) is 3.34. The Morgan fingerprint density at radius 2 is 2.12 bits per heavy atom. The van der Waals surface area contributed by atoms with Crippen molar-refractivity contribution in [3.8, 4) is 0 Å².